The van der Waals surface area contributed by atoms with Crippen molar-refractivity contribution in [2.75, 3.05) is 18.4 Å². The van der Waals surface area contributed by atoms with E-state index in [1.165, 1.54) is 0 Å². The van der Waals surface area contributed by atoms with Crippen molar-refractivity contribution in [1.29, 1.82) is 0 Å². The lowest BCUT2D eigenvalue weighted by Crippen LogP contribution is -2.41. The van der Waals surface area contributed by atoms with E-state index in [1.807, 2.05) is 20.8 Å². The third-order valence-electron chi connectivity index (χ3n) is 3.49. The maximum atomic E-state index is 12.4. The van der Waals surface area contributed by atoms with Crippen molar-refractivity contribution >= 4 is 40.7 Å². The van der Waals surface area contributed by atoms with Crippen LogP contribution < -0.4 is 5.32 Å². The molecule has 1 atom stereocenters. The molecule has 23 heavy (non-hydrogen) atoms. The van der Waals surface area contributed by atoms with Gasteiger partial charge in [0.25, 0.3) is 0 Å². The Balaban J connectivity index is 2.74. The third kappa shape index (κ3) is 6.40. The molecule has 0 aliphatic rings. The predicted molar refractivity (Wildman–Crippen MR) is 96.0 cm³/mol. The van der Waals surface area contributed by atoms with Crippen LogP contribution in [0.1, 0.15) is 40.0 Å². The molecule has 0 heterocycles. The largest absolute Gasteiger partial charge is 0.333 e. The maximum absolute atomic E-state index is 12.4. The van der Waals surface area contributed by atoms with Gasteiger partial charge in [0.1, 0.15) is 0 Å². The van der Waals surface area contributed by atoms with Gasteiger partial charge in [-0.25, -0.2) is 0 Å². The van der Waals surface area contributed by atoms with Crippen LogP contribution >= 0.6 is 23.2 Å². The smallest absolute Gasteiger partial charge is 0.244 e. The fourth-order valence-electron chi connectivity index (χ4n) is 2.36. The van der Waals surface area contributed by atoms with Crippen LogP contribution in [0.2, 0.25) is 10.0 Å². The number of rotatable bonds is 8. The number of hydrogen-bond donors (Lipinski definition) is 1. The van der Waals surface area contributed by atoms with E-state index in [1.54, 1.807) is 23.1 Å². The number of halogens is 2. The molecule has 0 radical (unpaired) electrons. The summed E-state index contributed by atoms with van der Waals surface area (Å²) in [5.41, 5.74) is 0.453. The molecule has 0 aliphatic heterocycles. The van der Waals surface area contributed by atoms with Crippen LogP contribution in [0.5, 0.6) is 0 Å². The first-order valence-corrected chi connectivity index (χ1v) is 8.68. The van der Waals surface area contributed by atoms with E-state index in [0.29, 0.717) is 22.3 Å². The summed E-state index contributed by atoms with van der Waals surface area (Å²) in [5, 5.41) is 3.62. The molecule has 0 fully saturated rings. The standard InChI is InChI=1S/C17H24Cl2N2O2/c1-4-6-12(3)17(23)21(9-5-2)11-16(22)20-15-10-13(18)7-8-14(15)19/h7-8,10,12H,4-6,9,11H2,1-3H3,(H,20,22). The lowest BCUT2D eigenvalue weighted by Gasteiger charge is -2.25. The van der Waals surface area contributed by atoms with Crippen LogP contribution in [0.15, 0.2) is 18.2 Å². The molecule has 2 amide bonds. The van der Waals surface area contributed by atoms with E-state index in [4.69, 9.17) is 23.2 Å². The summed E-state index contributed by atoms with van der Waals surface area (Å²) in [7, 11) is 0. The molecule has 0 saturated heterocycles. The first kappa shape index (κ1) is 19.8. The number of nitrogens with one attached hydrogen (secondary N) is 1. The van der Waals surface area contributed by atoms with E-state index in [0.717, 1.165) is 19.3 Å². The van der Waals surface area contributed by atoms with Crippen LogP contribution in [0.4, 0.5) is 5.69 Å². The van der Waals surface area contributed by atoms with Gasteiger partial charge in [0.15, 0.2) is 0 Å². The summed E-state index contributed by atoms with van der Waals surface area (Å²) in [6.07, 6.45) is 2.56. The normalized spacial score (nSPS) is 11.9. The molecule has 6 heteroatoms. The van der Waals surface area contributed by atoms with E-state index in [-0.39, 0.29) is 24.3 Å². The second kappa shape index (κ2) is 9.78. The Hall–Kier alpha value is -1.26. The van der Waals surface area contributed by atoms with Crippen molar-refractivity contribution in [3.8, 4) is 0 Å². The summed E-state index contributed by atoms with van der Waals surface area (Å²) in [6, 6.07) is 4.87. The molecular weight excluding hydrogens is 335 g/mol. The number of nitrogens with zero attached hydrogens (tertiary/aromatic N) is 1. The highest BCUT2D eigenvalue weighted by Crippen LogP contribution is 2.25. The van der Waals surface area contributed by atoms with Gasteiger partial charge < -0.3 is 10.2 Å². The second-order valence-corrected chi connectivity index (χ2v) is 6.47. The fraction of sp³-hybridized carbons (Fsp3) is 0.529. The first-order valence-electron chi connectivity index (χ1n) is 7.92. The van der Waals surface area contributed by atoms with Gasteiger partial charge in [-0.15, -0.1) is 0 Å². The molecule has 0 bridgehead atoms. The van der Waals surface area contributed by atoms with Gasteiger partial charge in [-0.3, -0.25) is 9.59 Å². The zero-order valence-corrected chi connectivity index (χ0v) is 15.4. The molecule has 1 aromatic rings. The molecule has 128 valence electrons. The summed E-state index contributed by atoms with van der Waals surface area (Å²) in [6.45, 7) is 6.51. The topological polar surface area (TPSA) is 49.4 Å². The van der Waals surface area contributed by atoms with Crippen LogP contribution in [-0.4, -0.2) is 29.8 Å². The minimum Gasteiger partial charge on any atom is -0.333 e. The van der Waals surface area contributed by atoms with Crippen LogP contribution in [-0.2, 0) is 9.59 Å². The van der Waals surface area contributed by atoms with Gasteiger partial charge in [-0.05, 0) is 31.0 Å². The number of anilines is 1. The van der Waals surface area contributed by atoms with E-state index in [9.17, 15) is 9.59 Å². The SMILES string of the molecule is CCCC(C)C(=O)N(CCC)CC(=O)Nc1cc(Cl)ccc1Cl. The van der Waals surface area contributed by atoms with Crippen LogP contribution in [0.25, 0.3) is 0 Å². The van der Waals surface area contributed by atoms with E-state index >= 15 is 0 Å². The van der Waals surface area contributed by atoms with E-state index < -0.39 is 0 Å². The zero-order valence-electron chi connectivity index (χ0n) is 13.9. The molecule has 0 spiro atoms. The Kier molecular flexibility index (Phi) is 8.42. The lowest BCUT2D eigenvalue weighted by molar-refractivity contribution is -0.138. The summed E-state index contributed by atoms with van der Waals surface area (Å²) in [4.78, 5) is 26.3. The van der Waals surface area contributed by atoms with Crippen molar-refractivity contribution in [2.24, 2.45) is 5.92 Å². The molecule has 1 unspecified atom stereocenters. The van der Waals surface area contributed by atoms with Crippen LogP contribution in [0, 0.1) is 5.92 Å². The Morgan fingerprint density at radius 1 is 1.22 bits per heavy atom. The predicted octanol–water partition coefficient (Wildman–Crippen LogP) is 4.61. The minimum absolute atomic E-state index is 0.0149. The highest BCUT2D eigenvalue weighted by molar-refractivity contribution is 6.35. The lowest BCUT2D eigenvalue weighted by atomic mass is 10.0. The second-order valence-electron chi connectivity index (χ2n) is 5.62. The maximum Gasteiger partial charge on any atom is 0.244 e. The number of amides is 2. The Morgan fingerprint density at radius 2 is 1.91 bits per heavy atom. The average molecular weight is 359 g/mol. The zero-order chi connectivity index (χ0) is 17.4. The molecule has 0 aliphatic carbocycles. The van der Waals surface area contributed by atoms with Crippen LogP contribution in [0.3, 0.4) is 0 Å². The highest BCUT2D eigenvalue weighted by atomic mass is 35.5. The van der Waals surface area contributed by atoms with Crippen molar-refractivity contribution in [1.82, 2.24) is 4.90 Å². The van der Waals surface area contributed by atoms with Gasteiger partial charge in [-0.1, -0.05) is 50.4 Å². The van der Waals surface area contributed by atoms with E-state index in [2.05, 4.69) is 5.32 Å². The summed E-state index contributed by atoms with van der Waals surface area (Å²) >= 11 is 11.9. The Bertz CT molecular complexity index is 549. The summed E-state index contributed by atoms with van der Waals surface area (Å²) < 4.78 is 0. The Morgan fingerprint density at radius 3 is 2.52 bits per heavy atom. The molecule has 0 aromatic heterocycles. The molecular formula is C17H24Cl2N2O2. The monoisotopic (exact) mass is 358 g/mol. The number of carbonyl (C=O) groups excluding carboxylic acids is 2. The van der Waals surface area contributed by atoms with Gasteiger partial charge in [0.2, 0.25) is 11.8 Å². The van der Waals surface area contributed by atoms with Crippen molar-refractivity contribution in [3.05, 3.63) is 28.2 Å². The fourth-order valence-corrected chi connectivity index (χ4v) is 2.70. The van der Waals surface area contributed by atoms with Gasteiger partial charge in [0.05, 0.1) is 17.3 Å². The molecule has 0 saturated carbocycles. The number of benzene rings is 1. The quantitative estimate of drug-likeness (QED) is 0.737. The highest BCUT2D eigenvalue weighted by Gasteiger charge is 2.21. The molecule has 4 nitrogen and oxygen atoms in total. The average Bonchev–Trinajstić information content (AvgIpc) is 2.50. The third-order valence-corrected chi connectivity index (χ3v) is 4.05. The molecule has 1 rings (SSSR count). The first-order chi connectivity index (χ1) is 10.9. The number of hydrogen-bond acceptors (Lipinski definition) is 2. The minimum atomic E-state index is -0.278. The summed E-state index contributed by atoms with van der Waals surface area (Å²) in [5.74, 6) is -0.338. The van der Waals surface area contributed by atoms with Crippen molar-refractivity contribution in [2.45, 2.75) is 40.0 Å². The molecule has 1 aromatic carbocycles. The van der Waals surface area contributed by atoms with Crippen molar-refractivity contribution < 1.29 is 9.59 Å². The van der Waals surface area contributed by atoms with Gasteiger partial charge in [-0.2, -0.15) is 0 Å². The van der Waals surface area contributed by atoms with Gasteiger partial charge >= 0.3 is 0 Å². The van der Waals surface area contributed by atoms with Crippen molar-refractivity contribution in [3.63, 3.8) is 0 Å². The number of carbonyl (C=O) groups is 2. The Labute approximate surface area is 148 Å². The molecule has 1 N–H and O–H groups in total. The van der Waals surface area contributed by atoms with Gasteiger partial charge in [0, 0.05) is 17.5 Å².